The summed E-state index contributed by atoms with van der Waals surface area (Å²) in [4.78, 5) is 11.4. The quantitative estimate of drug-likeness (QED) is 0.721. The molecule has 0 aromatic rings. The van der Waals surface area contributed by atoms with Gasteiger partial charge < -0.3 is 5.32 Å². The molecule has 0 spiro atoms. The topological polar surface area (TPSA) is 29.1 Å². The molecular formula is C11H20ClNO. The van der Waals surface area contributed by atoms with Crippen LogP contribution in [0.25, 0.3) is 0 Å². The van der Waals surface area contributed by atoms with E-state index in [1.165, 1.54) is 12.8 Å². The van der Waals surface area contributed by atoms with E-state index in [9.17, 15) is 4.79 Å². The Kier molecular flexibility index (Phi) is 5.31. The van der Waals surface area contributed by atoms with Crippen LogP contribution in [-0.2, 0) is 4.79 Å². The Morgan fingerprint density at radius 2 is 2.14 bits per heavy atom. The lowest BCUT2D eigenvalue weighted by atomic mass is 9.95. The first-order valence-corrected chi connectivity index (χ1v) is 6.11. The molecule has 2 atom stereocenters. The van der Waals surface area contributed by atoms with E-state index < -0.39 is 0 Å². The second-order valence-electron chi connectivity index (χ2n) is 4.08. The molecular weight excluding hydrogens is 198 g/mol. The van der Waals surface area contributed by atoms with Crippen LogP contribution in [0.15, 0.2) is 0 Å². The Balaban J connectivity index is 2.23. The lowest BCUT2D eigenvalue weighted by molar-refractivity contribution is -0.122. The molecule has 1 aliphatic rings. The fourth-order valence-electron chi connectivity index (χ4n) is 1.86. The van der Waals surface area contributed by atoms with Crippen LogP contribution >= 0.6 is 11.6 Å². The minimum absolute atomic E-state index is 0.148. The van der Waals surface area contributed by atoms with Crippen molar-refractivity contribution in [3.8, 4) is 0 Å². The van der Waals surface area contributed by atoms with Gasteiger partial charge in [0.05, 0.1) is 5.38 Å². The normalized spacial score (nSPS) is 27.3. The Morgan fingerprint density at radius 1 is 1.43 bits per heavy atom. The van der Waals surface area contributed by atoms with Crippen molar-refractivity contribution >= 4 is 17.5 Å². The van der Waals surface area contributed by atoms with E-state index in [2.05, 4.69) is 12.2 Å². The highest BCUT2D eigenvalue weighted by Gasteiger charge is 2.23. The molecule has 1 rings (SSSR count). The predicted octanol–water partition coefficient (Wildman–Crippen LogP) is 2.84. The molecule has 2 nitrogen and oxygen atoms in total. The third-order valence-electron chi connectivity index (χ3n) is 2.79. The number of amides is 1. The van der Waals surface area contributed by atoms with Crippen LogP contribution in [0, 0.1) is 0 Å². The predicted molar refractivity (Wildman–Crippen MR) is 59.6 cm³/mol. The molecule has 14 heavy (non-hydrogen) atoms. The van der Waals surface area contributed by atoms with Crippen LogP contribution in [0.1, 0.15) is 51.9 Å². The molecule has 82 valence electrons. The summed E-state index contributed by atoms with van der Waals surface area (Å²) in [6.45, 7) is 2.10. The molecule has 1 N–H and O–H groups in total. The Hall–Kier alpha value is -0.240. The van der Waals surface area contributed by atoms with Gasteiger partial charge in [-0.05, 0) is 19.3 Å². The first-order valence-electron chi connectivity index (χ1n) is 5.67. The molecule has 0 heterocycles. The van der Waals surface area contributed by atoms with E-state index >= 15 is 0 Å². The number of carbonyl (C=O) groups is 1. The summed E-state index contributed by atoms with van der Waals surface area (Å²) < 4.78 is 0. The number of carbonyl (C=O) groups excluding carboxylic acids is 1. The molecule has 0 saturated heterocycles. The Bertz CT molecular complexity index is 184. The maximum Gasteiger partial charge on any atom is 0.220 e. The molecule has 3 heteroatoms. The largest absolute Gasteiger partial charge is 0.352 e. The third-order valence-corrected chi connectivity index (χ3v) is 3.31. The van der Waals surface area contributed by atoms with Crippen molar-refractivity contribution < 1.29 is 4.79 Å². The second kappa shape index (κ2) is 6.28. The lowest BCUT2D eigenvalue weighted by Crippen LogP contribution is -2.42. The fraction of sp³-hybridized carbons (Fsp3) is 0.909. The summed E-state index contributed by atoms with van der Waals surface area (Å²) in [5.41, 5.74) is 0. The highest BCUT2D eigenvalue weighted by molar-refractivity contribution is 6.21. The van der Waals surface area contributed by atoms with Crippen molar-refractivity contribution in [2.45, 2.75) is 63.3 Å². The molecule has 1 aliphatic carbocycles. The van der Waals surface area contributed by atoms with Gasteiger partial charge in [-0.2, -0.15) is 0 Å². The van der Waals surface area contributed by atoms with Gasteiger partial charge in [0.15, 0.2) is 0 Å². The zero-order chi connectivity index (χ0) is 10.4. The minimum Gasteiger partial charge on any atom is -0.352 e. The van der Waals surface area contributed by atoms with Gasteiger partial charge >= 0.3 is 0 Å². The zero-order valence-electron chi connectivity index (χ0n) is 8.89. The SMILES string of the molecule is CCCCC(=O)NC1CCCCC1Cl. The molecule has 2 unspecified atom stereocenters. The summed E-state index contributed by atoms with van der Waals surface area (Å²) >= 11 is 6.15. The van der Waals surface area contributed by atoms with Gasteiger partial charge in [0.25, 0.3) is 0 Å². The molecule has 0 aromatic carbocycles. The van der Waals surface area contributed by atoms with Crippen molar-refractivity contribution in [2.24, 2.45) is 0 Å². The minimum atomic E-state index is 0.148. The molecule has 0 aromatic heterocycles. The van der Waals surface area contributed by atoms with Crippen LogP contribution in [0.3, 0.4) is 0 Å². The van der Waals surface area contributed by atoms with Gasteiger partial charge in [-0.1, -0.05) is 26.2 Å². The number of hydrogen-bond acceptors (Lipinski definition) is 1. The molecule has 1 fully saturated rings. The number of alkyl halides is 1. The van der Waals surface area contributed by atoms with Crippen molar-refractivity contribution in [2.75, 3.05) is 0 Å². The fourth-order valence-corrected chi connectivity index (χ4v) is 2.21. The van der Waals surface area contributed by atoms with Gasteiger partial charge in [0.2, 0.25) is 5.91 Å². The highest BCUT2D eigenvalue weighted by Crippen LogP contribution is 2.23. The standard InChI is InChI=1S/C11H20ClNO/c1-2-3-8-11(14)13-10-7-5-4-6-9(10)12/h9-10H,2-8H2,1H3,(H,13,14). The van der Waals surface area contributed by atoms with Crippen LogP contribution in [0.4, 0.5) is 0 Å². The number of rotatable bonds is 4. The number of halogens is 1. The molecule has 1 saturated carbocycles. The summed E-state index contributed by atoms with van der Waals surface area (Å²) in [6.07, 6.45) is 7.19. The van der Waals surface area contributed by atoms with E-state index in [1.807, 2.05) is 0 Å². The first kappa shape index (κ1) is 11.8. The van der Waals surface area contributed by atoms with E-state index in [1.54, 1.807) is 0 Å². The van der Waals surface area contributed by atoms with Gasteiger partial charge in [-0.3, -0.25) is 4.79 Å². The highest BCUT2D eigenvalue weighted by atomic mass is 35.5. The van der Waals surface area contributed by atoms with E-state index in [-0.39, 0.29) is 17.3 Å². The molecule has 0 bridgehead atoms. The van der Waals surface area contributed by atoms with Crippen LogP contribution in [0.5, 0.6) is 0 Å². The van der Waals surface area contributed by atoms with Gasteiger partial charge in [0.1, 0.15) is 0 Å². The second-order valence-corrected chi connectivity index (χ2v) is 4.64. The summed E-state index contributed by atoms with van der Waals surface area (Å²) in [5, 5.41) is 3.18. The van der Waals surface area contributed by atoms with Crippen molar-refractivity contribution in [1.82, 2.24) is 5.32 Å². The average molecular weight is 218 g/mol. The Labute approximate surface area is 91.4 Å². The monoisotopic (exact) mass is 217 g/mol. The number of hydrogen-bond donors (Lipinski definition) is 1. The van der Waals surface area contributed by atoms with Crippen molar-refractivity contribution in [3.63, 3.8) is 0 Å². The maximum atomic E-state index is 11.4. The van der Waals surface area contributed by atoms with Crippen molar-refractivity contribution in [3.05, 3.63) is 0 Å². The number of nitrogens with one attached hydrogen (secondary N) is 1. The smallest absolute Gasteiger partial charge is 0.220 e. The first-order chi connectivity index (χ1) is 6.74. The molecule has 0 radical (unpaired) electrons. The van der Waals surface area contributed by atoms with E-state index in [4.69, 9.17) is 11.6 Å². The average Bonchev–Trinajstić information content (AvgIpc) is 2.18. The van der Waals surface area contributed by atoms with Crippen LogP contribution in [0.2, 0.25) is 0 Å². The molecule has 0 aliphatic heterocycles. The van der Waals surface area contributed by atoms with Gasteiger partial charge in [0, 0.05) is 12.5 Å². The maximum absolute atomic E-state index is 11.4. The van der Waals surface area contributed by atoms with E-state index in [0.717, 1.165) is 25.7 Å². The number of unbranched alkanes of at least 4 members (excludes halogenated alkanes) is 1. The third kappa shape index (κ3) is 3.87. The van der Waals surface area contributed by atoms with Crippen molar-refractivity contribution in [1.29, 1.82) is 0 Å². The summed E-state index contributed by atoms with van der Waals surface area (Å²) in [5.74, 6) is 0.171. The van der Waals surface area contributed by atoms with Crippen LogP contribution in [-0.4, -0.2) is 17.3 Å². The molecule has 1 amide bonds. The summed E-state index contributed by atoms with van der Waals surface area (Å²) in [6, 6.07) is 0.217. The lowest BCUT2D eigenvalue weighted by Gasteiger charge is -2.27. The Morgan fingerprint density at radius 3 is 2.79 bits per heavy atom. The van der Waals surface area contributed by atoms with Gasteiger partial charge in [-0.15, -0.1) is 11.6 Å². The summed E-state index contributed by atoms with van der Waals surface area (Å²) in [7, 11) is 0. The van der Waals surface area contributed by atoms with E-state index in [0.29, 0.717) is 6.42 Å². The van der Waals surface area contributed by atoms with Gasteiger partial charge in [-0.25, -0.2) is 0 Å². The zero-order valence-corrected chi connectivity index (χ0v) is 9.65. The van der Waals surface area contributed by atoms with Crippen LogP contribution < -0.4 is 5.32 Å².